The highest BCUT2D eigenvalue weighted by Crippen LogP contribution is 2.27. The van der Waals surface area contributed by atoms with Gasteiger partial charge in [0.1, 0.15) is 11.5 Å². The van der Waals surface area contributed by atoms with Crippen LogP contribution in [0.4, 0.5) is 0 Å². The summed E-state index contributed by atoms with van der Waals surface area (Å²) in [7, 11) is 0. The smallest absolute Gasteiger partial charge is 0.259 e. The number of carbonyl (C=O) groups is 2. The van der Waals surface area contributed by atoms with Crippen LogP contribution in [0.25, 0.3) is 22.6 Å². The van der Waals surface area contributed by atoms with Gasteiger partial charge in [-0.2, -0.15) is 0 Å². The highest BCUT2D eigenvalue weighted by molar-refractivity contribution is 6.07. The number of amides is 2. The number of fused-ring (bicyclic) bond motifs is 1. The maximum Gasteiger partial charge on any atom is 0.259 e. The molecule has 4 aromatic heterocycles. The van der Waals surface area contributed by atoms with E-state index < -0.39 is 5.91 Å². The Morgan fingerprint density at radius 3 is 2.68 bits per heavy atom. The number of rotatable bonds is 6. The largest absolute Gasteiger partial charge is 0.467 e. The molecule has 0 saturated heterocycles. The van der Waals surface area contributed by atoms with Crippen molar-refractivity contribution in [1.82, 2.24) is 20.8 Å². The SMILES string of the molecule is Cc1noc2nc(-c3ccco3)cc(C(=O)NCC(=O)NCc3ccco3)c12. The molecule has 28 heavy (non-hydrogen) atoms. The second-order valence-electron chi connectivity index (χ2n) is 6.02. The second kappa shape index (κ2) is 7.39. The summed E-state index contributed by atoms with van der Waals surface area (Å²) in [6.07, 6.45) is 3.03. The molecule has 4 heterocycles. The molecule has 2 amide bonds. The molecular formula is C19H16N4O5. The third kappa shape index (κ3) is 3.50. The zero-order chi connectivity index (χ0) is 19.5. The average Bonchev–Trinajstić information content (AvgIpc) is 3.46. The summed E-state index contributed by atoms with van der Waals surface area (Å²) in [6.45, 7) is 1.77. The van der Waals surface area contributed by atoms with E-state index in [0.717, 1.165) is 0 Å². The van der Waals surface area contributed by atoms with Gasteiger partial charge in [-0.25, -0.2) is 4.98 Å². The molecule has 0 unspecified atom stereocenters. The first-order valence-electron chi connectivity index (χ1n) is 8.50. The van der Waals surface area contributed by atoms with Gasteiger partial charge < -0.3 is 24.0 Å². The maximum atomic E-state index is 12.7. The number of nitrogens with zero attached hydrogens (tertiary/aromatic N) is 2. The van der Waals surface area contributed by atoms with Crippen molar-refractivity contribution in [2.75, 3.05) is 6.54 Å². The fourth-order valence-electron chi connectivity index (χ4n) is 2.74. The van der Waals surface area contributed by atoms with Crippen molar-refractivity contribution in [3.63, 3.8) is 0 Å². The fourth-order valence-corrected chi connectivity index (χ4v) is 2.74. The molecule has 142 valence electrons. The Kier molecular flexibility index (Phi) is 4.63. The van der Waals surface area contributed by atoms with Crippen LogP contribution in [-0.2, 0) is 11.3 Å². The Morgan fingerprint density at radius 1 is 1.11 bits per heavy atom. The van der Waals surface area contributed by atoms with Gasteiger partial charge in [0.15, 0.2) is 5.76 Å². The minimum Gasteiger partial charge on any atom is -0.467 e. The lowest BCUT2D eigenvalue weighted by Crippen LogP contribution is -2.36. The monoisotopic (exact) mass is 380 g/mol. The summed E-state index contributed by atoms with van der Waals surface area (Å²) in [5, 5.41) is 9.63. The van der Waals surface area contributed by atoms with Crippen LogP contribution < -0.4 is 10.6 Å². The normalized spacial score (nSPS) is 10.9. The fraction of sp³-hybridized carbons (Fsp3) is 0.158. The lowest BCUT2D eigenvalue weighted by atomic mass is 10.1. The number of aryl methyl sites for hydroxylation is 1. The van der Waals surface area contributed by atoms with E-state index in [1.165, 1.54) is 12.5 Å². The first kappa shape index (κ1) is 17.5. The molecule has 9 nitrogen and oxygen atoms in total. The minimum absolute atomic E-state index is 0.191. The van der Waals surface area contributed by atoms with Gasteiger partial charge in [0.25, 0.3) is 11.6 Å². The maximum absolute atomic E-state index is 12.7. The van der Waals surface area contributed by atoms with Gasteiger partial charge in [-0.1, -0.05) is 5.16 Å². The summed E-state index contributed by atoms with van der Waals surface area (Å²) in [5.41, 5.74) is 1.48. The quantitative estimate of drug-likeness (QED) is 0.526. The van der Waals surface area contributed by atoms with Gasteiger partial charge in [0, 0.05) is 0 Å². The molecule has 0 radical (unpaired) electrons. The summed E-state index contributed by atoms with van der Waals surface area (Å²) >= 11 is 0. The molecule has 0 aliphatic heterocycles. The van der Waals surface area contributed by atoms with Gasteiger partial charge in [0.05, 0.1) is 42.3 Å². The molecule has 0 aromatic carbocycles. The Labute approximate surface area is 158 Å². The molecule has 0 aliphatic rings. The van der Waals surface area contributed by atoms with Crippen LogP contribution in [0.2, 0.25) is 0 Å². The van der Waals surface area contributed by atoms with E-state index in [1.54, 1.807) is 37.3 Å². The van der Waals surface area contributed by atoms with E-state index >= 15 is 0 Å². The number of aromatic nitrogens is 2. The summed E-state index contributed by atoms with van der Waals surface area (Å²) in [6, 6.07) is 8.51. The predicted molar refractivity (Wildman–Crippen MR) is 97.1 cm³/mol. The third-order valence-corrected chi connectivity index (χ3v) is 4.08. The van der Waals surface area contributed by atoms with Gasteiger partial charge >= 0.3 is 0 Å². The molecule has 0 saturated carbocycles. The molecule has 4 aromatic rings. The van der Waals surface area contributed by atoms with Crippen molar-refractivity contribution >= 4 is 22.9 Å². The zero-order valence-electron chi connectivity index (χ0n) is 14.9. The first-order chi connectivity index (χ1) is 13.6. The van der Waals surface area contributed by atoms with E-state index in [0.29, 0.717) is 33.9 Å². The minimum atomic E-state index is -0.445. The predicted octanol–water partition coefficient (Wildman–Crippen LogP) is 2.43. The number of pyridine rings is 1. The molecule has 2 N–H and O–H groups in total. The van der Waals surface area contributed by atoms with Crippen LogP contribution in [0.15, 0.2) is 56.2 Å². The Morgan fingerprint density at radius 2 is 1.93 bits per heavy atom. The van der Waals surface area contributed by atoms with Crippen molar-refractivity contribution in [1.29, 1.82) is 0 Å². The standard InChI is InChI=1S/C19H16N4O5/c1-11-17-13(8-14(15-5-3-7-27-15)22-19(17)28-23-11)18(25)21-10-16(24)20-9-12-4-2-6-26-12/h2-8H,9-10H2,1H3,(H,20,24)(H,21,25). The number of hydrogen-bond acceptors (Lipinski definition) is 7. The summed E-state index contributed by atoms with van der Waals surface area (Å²) in [5.74, 6) is 0.322. The Balaban J connectivity index is 1.51. The third-order valence-electron chi connectivity index (χ3n) is 4.08. The number of nitrogens with one attached hydrogen (secondary N) is 2. The lowest BCUT2D eigenvalue weighted by Gasteiger charge is -2.08. The molecule has 4 rings (SSSR count). The van der Waals surface area contributed by atoms with Crippen molar-refractivity contribution in [2.45, 2.75) is 13.5 Å². The summed E-state index contributed by atoms with van der Waals surface area (Å²) in [4.78, 5) is 29.1. The molecule has 0 aliphatic carbocycles. The zero-order valence-corrected chi connectivity index (χ0v) is 14.9. The lowest BCUT2D eigenvalue weighted by molar-refractivity contribution is -0.120. The highest BCUT2D eigenvalue weighted by Gasteiger charge is 2.20. The Hall–Kier alpha value is -3.88. The van der Waals surface area contributed by atoms with E-state index in [-0.39, 0.29) is 24.7 Å². The first-order valence-corrected chi connectivity index (χ1v) is 8.50. The molecule has 0 spiro atoms. The van der Waals surface area contributed by atoms with Crippen molar-refractivity contribution in [3.8, 4) is 11.5 Å². The molecule has 0 fully saturated rings. The number of hydrogen-bond donors (Lipinski definition) is 2. The Bertz CT molecular complexity index is 1110. The number of furan rings is 2. The number of carbonyl (C=O) groups excluding carboxylic acids is 2. The highest BCUT2D eigenvalue weighted by atomic mass is 16.5. The van der Waals surface area contributed by atoms with E-state index in [2.05, 4.69) is 20.8 Å². The van der Waals surface area contributed by atoms with Gasteiger partial charge in [0.2, 0.25) is 5.91 Å². The average molecular weight is 380 g/mol. The van der Waals surface area contributed by atoms with E-state index in [1.807, 2.05) is 0 Å². The van der Waals surface area contributed by atoms with Gasteiger partial charge in [-0.3, -0.25) is 9.59 Å². The van der Waals surface area contributed by atoms with Gasteiger partial charge in [-0.05, 0) is 37.3 Å². The van der Waals surface area contributed by atoms with Crippen LogP contribution in [0.3, 0.4) is 0 Å². The van der Waals surface area contributed by atoms with Crippen LogP contribution >= 0.6 is 0 Å². The van der Waals surface area contributed by atoms with Crippen molar-refractivity contribution < 1.29 is 22.9 Å². The molecular weight excluding hydrogens is 364 g/mol. The topological polar surface area (TPSA) is 123 Å². The van der Waals surface area contributed by atoms with Gasteiger partial charge in [-0.15, -0.1) is 0 Å². The van der Waals surface area contributed by atoms with Crippen molar-refractivity contribution in [3.05, 3.63) is 59.9 Å². The second-order valence-corrected chi connectivity index (χ2v) is 6.02. The van der Waals surface area contributed by atoms with Crippen LogP contribution in [0.5, 0.6) is 0 Å². The van der Waals surface area contributed by atoms with Crippen LogP contribution in [-0.4, -0.2) is 28.5 Å². The molecule has 0 bridgehead atoms. The molecule has 9 heteroatoms. The molecule has 0 atom stereocenters. The van der Waals surface area contributed by atoms with Crippen LogP contribution in [0, 0.1) is 6.92 Å². The van der Waals surface area contributed by atoms with E-state index in [4.69, 9.17) is 13.4 Å². The summed E-state index contributed by atoms with van der Waals surface area (Å²) < 4.78 is 15.7. The van der Waals surface area contributed by atoms with E-state index in [9.17, 15) is 9.59 Å². The van der Waals surface area contributed by atoms with Crippen molar-refractivity contribution in [2.24, 2.45) is 0 Å². The van der Waals surface area contributed by atoms with Crippen LogP contribution in [0.1, 0.15) is 21.8 Å².